The third kappa shape index (κ3) is 52.1. The number of thioether (sulfide) groups is 1. The monoisotopic (exact) mass is 2150 g/mol. The van der Waals surface area contributed by atoms with Crippen molar-refractivity contribution in [1.29, 1.82) is 21.6 Å². The molecule has 1 aromatic rings. The number of phenols is 1. The van der Waals surface area contributed by atoms with Gasteiger partial charge in [0.2, 0.25) is 88.6 Å². The van der Waals surface area contributed by atoms with E-state index >= 15 is 0 Å². The smallest absolute Gasteiger partial charge is 0.326 e. The van der Waals surface area contributed by atoms with E-state index < -0.39 is 186 Å². The van der Waals surface area contributed by atoms with E-state index in [9.17, 15) is 86.9 Å². The molecule has 0 aliphatic carbocycles. The first-order valence-electron chi connectivity index (χ1n) is 50.5. The van der Waals surface area contributed by atoms with E-state index in [1.165, 1.54) is 40.7 Å². The molecule has 14 atom stereocenters. The molecule has 3 aliphatic heterocycles. The van der Waals surface area contributed by atoms with Crippen LogP contribution in [0, 0.1) is 39.4 Å². The number of carbonyl (C=O) groups excluding carboxylic acids is 15. The lowest BCUT2D eigenvalue weighted by atomic mass is 9.96. The number of phenolic OH excluding ortho intramolecular Hbond substituents is 1. The highest BCUT2D eigenvalue weighted by Crippen LogP contribution is 2.27. The molecule has 3 saturated heterocycles. The first kappa shape index (κ1) is 129. The fourth-order valence-electron chi connectivity index (χ4n) is 15.8. The minimum absolute atomic E-state index is 0.00148. The maximum Gasteiger partial charge on any atom is 0.326 e. The zero-order chi connectivity index (χ0) is 110. The number of hydrogen-bond donors (Lipinski definition) is 26. The van der Waals surface area contributed by atoms with Crippen LogP contribution in [-0.2, 0) is 112 Å². The minimum atomic E-state index is -1.37. The topological polar surface area (TPSA) is 771 Å². The third-order valence-corrected chi connectivity index (χ3v) is 26.9. The number of aromatic hydroxyl groups is 1. The highest BCUT2D eigenvalue weighted by Gasteiger charge is 2.44. The van der Waals surface area contributed by atoms with Crippen molar-refractivity contribution in [2.75, 3.05) is 162 Å². The molecule has 148 heavy (non-hydrogen) atoms. The number of likely N-dealkylation sites (N-methyl/N-ethyl adjacent to an activating group) is 1. The number of rotatable bonds is 62. The second-order valence-corrected chi connectivity index (χ2v) is 40.4. The van der Waals surface area contributed by atoms with Gasteiger partial charge in [0.25, 0.3) is 0 Å². The van der Waals surface area contributed by atoms with Gasteiger partial charge in [-0.15, -0.1) is 0 Å². The number of carboxylic acid groups (broad SMARTS) is 1. The second-order valence-electron chi connectivity index (χ2n) is 36.9. The predicted octanol–water partition coefficient (Wildman–Crippen LogP) is -3.46. The van der Waals surface area contributed by atoms with Gasteiger partial charge in [-0.1, -0.05) is 88.6 Å². The lowest BCUT2D eigenvalue weighted by Crippen LogP contribution is -2.61. The van der Waals surface area contributed by atoms with E-state index in [1.807, 2.05) is 20.1 Å². The summed E-state index contributed by atoms with van der Waals surface area (Å²) in [5.74, 6) is -13.7. The van der Waals surface area contributed by atoms with Gasteiger partial charge < -0.3 is 161 Å². The van der Waals surface area contributed by atoms with Gasteiger partial charge in [0, 0.05) is 83.6 Å². The molecule has 0 bridgehead atoms. The van der Waals surface area contributed by atoms with Crippen molar-refractivity contribution in [2.24, 2.45) is 40.7 Å². The number of carbonyl (C=O) groups is 16. The van der Waals surface area contributed by atoms with Crippen LogP contribution >= 0.6 is 33.3 Å². The fourth-order valence-corrected chi connectivity index (χ4v) is 18.6. The van der Waals surface area contributed by atoms with Gasteiger partial charge in [-0.3, -0.25) is 93.6 Å². The van der Waals surface area contributed by atoms with Crippen molar-refractivity contribution in [2.45, 2.75) is 255 Å². The minimum Gasteiger partial charge on any atom is -0.508 e. The van der Waals surface area contributed by atoms with Crippen molar-refractivity contribution >= 4 is 152 Å². The molecule has 54 heteroatoms. The highest BCUT2D eigenvalue weighted by molar-refractivity contribution is 8.76. The number of hydrogen-bond acceptors (Lipinski definition) is 30. The van der Waals surface area contributed by atoms with E-state index in [4.69, 9.17) is 73.0 Å². The average molecular weight is 2150 g/mol. The maximum atomic E-state index is 14.8. The summed E-state index contributed by atoms with van der Waals surface area (Å²) >= 11 is 1.42. The number of nitrogens with one attached hydrogen (secondary N) is 20. The van der Waals surface area contributed by atoms with Crippen molar-refractivity contribution in [3.8, 4) is 5.75 Å². The molecule has 0 aromatic heterocycles. The van der Waals surface area contributed by atoms with Crippen LogP contribution in [0.5, 0.6) is 5.75 Å². The molecule has 4 rings (SSSR count). The Hall–Kier alpha value is -11.6. The summed E-state index contributed by atoms with van der Waals surface area (Å²) in [6, 6.07) is -10.3. The highest BCUT2D eigenvalue weighted by atomic mass is 33.1. The van der Waals surface area contributed by atoms with E-state index in [0.29, 0.717) is 37.0 Å². The van der Waals surface area contributed by atoms with Gasteiger partial charge in [-0.2, -0.15) is 11.8 Å². The number of aliphatic carboxylic acids is 1. The Morgan fingerprint density at radius 1 is 0.514 bits per heavy atom. The van der Waals surface area contributed by atoms with Gasteiger partial charge in [-0.25, -0.2) is 4.79 Å². The summed E-state index contributed by atoms with van der Waals surface area (Å²) in [5, 5.41) is 94.4. The van der Waals surface area contributed by atoms with E-state index in [-0.39, 0.29) is 281 Å². The van der Waals surface area contributed by atoms with Crippen LogP contribution in [-0.4, -0.2) is 384 Å². The van der Waals surface area contributed by atoms with Gasteiger partial charge in [0.1, 0.15) is 84.3 Å². The SMILES string of the molecule is CCC(=O)NC1CSSC[C@@H](C(=O)NCCOCCOCCOCCOCCOCCOCCC(=O)N[C@@H](CCCNC(=N)N)C(=O)N[C@@H](CCCNC(=N)N)C(=O)N2CCC[C@H]2C(=O)N[C@@H](Cc2ccc(O)cc2)C(=O)N[C@H](C(=O)N[C@@H](CC(C)C)C(=O)O)[C@@H](C)CC)NC(=O)CN(C)C(=O)[C@H](CCCNC(=N)N)NC(=O)[C@H](CC(C)C)NC(=O)C(CCCNC(=N)N)NC(=O)[C@@H]2CCCCN2C(=O)C(CCSC)NC1=O. The molecule has 0 saturated carbocycles. The predicted molar refractivity (Wildman–Crippen MR) is 558 cm³/mol. The number of guanidine groups is 4. The Bertz CT molecular complexity index is 4390. The molecule has 30 N–H and O–H groups in total. The largest absolute Gasteiger partial charge is 0.508 e. The van der Waals surface area contributed by atoms with Crippen molar-refractivity contribution in [3.05, 3.63) is 29.8 Å². The Labute approximate surface area is 877 Å². The van der Waals surface area contributed by atoms with Gasteiger partial charge in [-0.05, 0) is 150 Å². The molecule has 3 fully saturated rings. The molecule has 836 valence electrons. The Kier molecular flexibility index (Phi) is 63.3. The van der Waals surface area contributed by atoms with Crippen molar-refractivity contribution in [3.63, 3.8) is 0 Å². The number of nitrogens with zero attached hydrogens (tertiary/aromatic N) is 3. The normalized spacial score (nSPS) is 19.7. The number of carboxylic acids is 1. The zero-order valence-electron chi connectivity index (χ0n) is 86.7. The number of fused-ring (bicyclic) bond motifs is 1. The average Bonchev–Trinajstić information content (AvgIpc) is 1.26. The van der Waals surface area contributed by atoms with Crippen molar-refractivity contribution in [1.82, 2.24) is 99.8 Å². The van der Waals surface area contributed by atoms with Crippen LogP contribution in [0.25, 0.3) is 0 Å². The molecule has 3 unspecified atom stereocenters. The fraction of sp³-hybridized carbons (Fsp3) is 0.723. The molecule has 51 nitrogen and oxygen atoms in total. The molecule has 0 radical (unpaired) electrons. The summed E-state index contributed by atoms with van der Waals surface area (Å²) in [6.45, 7) is 14.1. The van der Waals surface area contributed by atoms with E-state index in [1.54, 1.807) is 46.8 Å². The Morgan fingerprint density at radius 3 is 1.58 bits per heavy atom. The number of ether oxygens (including phenoxy) is 6. The van der Waals surface area contributed by atoms with Gasteiger partial charge >= 0.3 is 5.97 Å². The molecule has 3 heterocycles. The molecule has 1 aromatic carbocycles. The number of nitrogens with two attached hydrogens (primary N) is 4. The molecule has 15 amide bonds. The van der Waals surface area contributed by atoms with Crippen LogP contribution in [0.4, 0.5) is 0 Å². The first-order valence-corrected chi connectivity index (χ1v) is 54.4. The van der Waals surface area contributed by atoms with Crippen LogP contribution in [0.3, 0.4) is 0 Å². The molecular weight excluding hydrogens is 1990 g/mol. The number of benzene rings is 1. The Morgan fingerprint density at radius 2 is 1.03 bits per heavy atom. The van der Waals surface area contributed by atoms with Crippen LogP contribution in [0.2, 0.25) is 0 Å². The molecular formula is C94H163N27O24S3. The standard InChI is InChI=1S/C94H163N27O24S3/c1-10-59(7)77(86(134)117-69(90(138)139)52-58(5)6)118-82(130)68(53-60-25-27-61(122)28-26-60)116-85(133)73-24-18-37-121(73)88(136)65(22-17-34-107-94(101)102)113-79(127)62(19-14-31-104-91(95)96)108-75(124)29-38-140-40-42-142-44-46-144-48-49-145-47-45-143-43-41-141-39-35-103-78(126)70-55-147-148-56-71(109-74(123)11-2)83(131)114-66(30-50-146-9)89(137)120-36-13-12-23-72(120)84(132)111-63(20-15-32-105-92(97)98)80(128)115-67(51-57(3)4)81(129)112-64(21-16-33-106-93(99)100)87(135)119(8)54-76(125)110-70/h25-28,57-59,62-73,77,122H,10-24,29-56H2,1-9H3,(H,103,126)(H,108,124)(H,109,123)(H,110,125)(H,111,132)(H,112,129)(H,113,127)(H,114,131)(H,115,128)(H,116,133)(H,117,134)(H,118,130)(H,138,139)(H4,95,96,104)(H4,97,98,105)(H4,99,100,106)(H4,101,102,107)/t59-,62-,63?,64-,65-,66?,67-,68-,69-,70-,71?,72-,73-,77-/m0/s1. The summed E-state index contributed by atoms with van der Waals surface area (Å²) in [4.78, 5) is 230. The van der Waals surface area contributed by atoms with Crippen molar-refractivity contribution < 1.29 is 115 Å². The summed E-state index contributed by atoms with van der Waals surface area (Å²) < 4.78 is 33.9. The maximum absolute atomic E-state index is 14.8. The summed E-state index contributed by atoms with van der Waals surface area (Å²) in [6.07, 6.45) is 4.65. The quantitative estimate of drug-likeness (QED) is 0.0130. The lowest BCUT2D eigenvalue weighted by molar-refractivity contribution is -0.146. The number of piperidine rings is 1. The van der Waals surface area contributed by atoms with E-state index in [0.717, 1.165) is 26.5 Å². The van der Waals surface area contributed by atoms with Crippen LogP contribution < -0.4 is 108 Å². The zero-order valence-corrected chi connectivity index (χ0v) is 89.2. The van der Waals surface area contributed by atoms with Gasteiger partial charge in [0.15, 0.2) is 23.8 Å². The summed E-state index contributed by atoms with van der Waals surface area (Å²) in [7, 11) is 3.50. The molecule has 0 spiro atoms. The van der Waals surface area contributed by atoms with Crippen LogP contribution in [0.1, 0.15) is 176 Å². The van der Waals surface area contributed by atoms with Gasteiger partial charge in [0.05, 0.1) is 85.8 Å². The van der Waals surface area contributed by atoms with E-state index in [2.05, 4.69) is 85.1 Å². The second kappa shape index (κ2) is 72.7. The number of amides is 15. The first-order chi connectivity index (χ1) is 70.6. The van der Waals surface area contributed by atoms with Crippen LogP contribution in [0.15, 0.2) is 24.3 Å². The lowest BCUT2D eigenvalue weighted by Gasteiger charge is -2.38. The third-order valence-electron chi connectivity index (χ3n) is 23.9. The summed E-state index contributed by atoms with van der Waals surface area (Å²) in [5.41, 5.74) is 22.7. The number of likely N-dealkylation sites (tertiary alicyclic amines) is 1. The molecule has 3 aliphatic rings. The Balaban J connectivity index is 1.31.